The van der Waals surface area contributed by atoms with E-state index in [1.165, 1.54) is 5.56 Å². The summed E-state index contributed by atoms with van der Waals surface area (Å²) in [5, 5.41) is 5.89. The van der Waals surface area contributed by atoms with Gasteiger partial charge in [-0.05, 0) is 56.7 Å². The second kappa shape index (κ2) is 10.1. The fourth-order valence-electron chi connectivity index (χ4n) is 5.00. The van der Waals surface area contributed by atoms with Crippen molar-refractivity contribution < 1.29 is 14.4 Å². The summed E-state index contributed by atoms with van der Waals surface area (Å²) in [6.45, 7) is 9.82. The van der Waals surface area contributed by atoms with Crippen LogP contribution in [0.3, 0.4) is 0 Å². The zero-order valence-corrected chi connectivity index (χ0v) is 21.9. The molecule has 0 unspecified atom stereocenters. The Labute approximate surface area is 212 Å². The summed E-state index contributed by atoms with van der Waals surface area (Å²) < 4.78 is -0.487. The van der Waals surface area contributed by atoms with Crippen LogP contribution in [0.1, 0.15) is 67.9 Å². The molecule has 6 nitrogen and oxygen atoms in total. The number of hydrogen-bond acceptors (Lipinski definition) is 4. The van der Waals surface area contributed by atoms with Gasteiger partial charge in [0.2, 0.25) is 11.8 Å². The fraction of sp³-hybridized carbons (Fsp3) is 0.464. The van der Waals surface area contributed by atoms with Crippen molar-refractivity contribution in [3.8, 4) is 0 Å². The maximum absolute atomic E-state index is 13.6. The first-order valence-corrected chi connectivity index (χ1v) is 13.2. The van der Waals surface area contributed by atoms with Gasteiger partial charge in [0, 0.05) is 16.4 Å². The van der Waals surface area contributed by atoms with E-state index in [-0.39, 0.29) is 35.1 Å². The van der Waals surface area contributed by atoms with Gasteiger partial charge in [-0.25, -0.2) is 0 Å². The molecular formula is C28H35N3O3S. The van der Waals surface area contributed by atoms with Gasteiger partial charge in [0.25, 0.3) is 5.91 Å². The number of thioether (sulfide) groups is 1. The lowest BCUT2D eigenvalue weighted by molar-refractivity contribution is -0.133. The largest absolute Gasteiger partial charge is 0.352 e. The molecule has 0 aromatic heterocycles. The second-order valence-electron chi connectivity index (χ2n) is 10.4. The molecule has 2 aromatic carbocycles. The predicted octanol–water partition coefficient (Wildman–Crippen LogP) is 4.31. The molecule has 2 heterocycles. The molecule has 186 valence electrons. The molecular weight excluding hydrogens is 458 g/mol. The molecule has 0 aliphatic carbocycles. The van der Waals surface area contributed by atoms with Crippen molar-refractivity contribution in [3.05, 3.63) is 71.3 Å². The molecule has 4 rings (SSSR count). The lowest BCUT2D eigenvalue weighted by atomic mass is 9.97. The Bertz CT molecular complexity index is 1100. The van der Waals surface area contributed by atoms with Gasteiger partial charge < -0.3 is 15.5 Å². The number of carbonyl (C=O) groups excluding carboxylic acids is 3. The summed E-state index contributed by atoms with van der Waals surface area (Å²) in [4.78, 5) is 41.7. The monoisotopic (exact) mass is 493 g/mol. The zero-order chi connectivity index (χ0) is 25.3. The van der Waals surface area contributed by atoms with Crippen molar-refractivity contribution in [1.82, 2.24) is 15.5 Å². The molecule has 35 heavy (non-hydrogen) atoms. The smallest absolute Gasteiger partial charge is 0.256 e. The highest BCUT2D eigenvalue weighted by Gasteiger charge is 2.57. The van der Waals surface area contributed by atoms with Gasteiger partial charge in [-0.2, -0.15) is 0 Å². The summed E-state index contributed by atoms with van der Waals surface area (Å²) in [6.07, 6.45) is 1.68. The van der Waals surface area contributed by atoms with Crippen molar-refractivity contribution >= 4 is 29.5 Å². The van der Waals surface area contributed by atoms with E-state index in [9.17, 15) is 14.4 Å². The number of nitrogens with zero attached hydrogens (tertiary/aromatic N) is 1. The minimum atomic E-state index is -0.679. The SMILES string of the molecule is CC(C)[C@H](NC(=O)[C@H]1N2C(=O)c3ccccc3[C@@H]2SC1(C)C)C(=O)N[C@H](C)CCc1ccccc1. The zero-order valence-electron chi connectivity index (χ0n) is 21.1. The number of carbonyl (C=O) groups is 3. The minimum absolute atomic E-state index is 0.0293. The van der Waals surface area contributed by atoms with E-state index in [2.05, 4.69) is 22.8 Å². The molecule has 0 spiro atoms. The van der Waals surface area contributed by atoms with E-state index in [0.29, 0.717) is 5.56 Å². The van der Waals surface area contributed by atoms with Gasteiger partial charge >= 0.3 is 0 Å². The Morgan fingerprint density at radius 2 is 1.66 bits per heavy atom. The molecule has 0 saturated carbocycles. The number of rotatable bonds is 8. The molecule has 4 atom stereocenters. The Morgan fingerprint density at radius 3 is 2.34 bits per heavy atom. The van der Waals surface area contributed by atoms with E-state index in [4.69, 9.17) is 0 Å². The minimum Gasteiger partial charge on any atom is -0.352 e. The number of fused-ring (bicyclic) bond motifs is 3. The topological polar surface area (TPSA) is 78.5 Å². The lowest BCUT2D eigenvalue weighted by Crippen LogP contribution is -2.58. The highest BCUT2D eigenvalue weighted by atomic mass is 32.2. The first-order valence-electron chi connectivity index (χ1n) is 12.3. The summed E-state index contributed by atoms with van der Waals surface area (Å²) >= 11 is 1.62. The fourth-order valence-corrected chi connectivity index (χ4v) is 6.59. The first-order chi connectivity index (χ1) is 16.6. The first kappa shape index (κ1) is 25.3. The summed E-state index contributed by atoms with van der Waals surface area (Å²) in [5.74, 6) is -0.689. The van der Waals surface area contributed by atoms with Crippen LogP contribution in [-0.2, 0) is 16.0 Å². The van der Waals surface area contributed by atoms with Gasteiger partial charge in [-0.3, -0.25) is 14.4 Å². The standard InChI is InChI=1S/C28H35N3O3S/c1-17(2)22(24(32)29-18(3)15-16-19-11-7-6-8-12-19)30-25(33)23-28(4,5)35-27-21-14-10-9-13-20(21)26(34)31(23)27/h6-14,17-18,22-23,27H,15-16H2,1-5H3,(H,29,32)(H,30,33)/t18-,22+,23-,27+/m1/s1. The summed E-state index contributed by atoms with van der Waals surface area (Å²) in [6, 6.07) is 16.4. The van der Waals surface area contributed by atoms with Crippen molar-refractivity contribution in [3.63, 3.8) is 0 Å². The normalized spacial score (nSPS) is 21.9. The van der Waals surface area contributed by atoms with Gasteiger partial charge in [-0.1, -0.05) is 62.4 Å². The highest BCUT2D eigenvalue weighted by Crippen LogP contribution is 2.56. The number of hydrogen-bond donors (Lipinski definition) is 2. The highest BCUT2D eigenvalue weighted by molar-refractivity contribution is 8.01. The summed E-state index contributed by atoms with van der Waals surface area (Å²) in [7, 11) is 0. The van der Waals surface area contributed by atoms with Crippen LogP contribution in [0.25, 0.3) is 0 Å². The Hall–Kier alpha value is -2.80. The van der Waals surface area contributed by atoms with Crippen LogP contribution < -0.4 is 10.6 Å². The average Bonchev–Trinajstić information content (AvgIpc) is 3.25. The van der Waals surface area contributed by atoms with Crippen LogP contribution in [-0.4, -0.2) is 45.5 Å². The average molecular weight is 494 g/mol. The molecule has 2 N–H and O–H groups in total. The number of benzene rings is 2. The maximum Gasteiger partial charge on any atom is 0.256 e. The maximum atomic E-state index is 13.6. The van der Waals surface area contributed by atoms with Crippen LogP contribution in [0.2, 0.25) is 0 Å². The summed E-state index contributed by atoms with van der Waals surface area (Å²) in [5.41, 5.74) is 2.84. The van der Waals surface area contributed by atoms with Crippen molar-refractivity contribution in [2.45, 2.75) is 75.7 Å². The third-order valence-corrected chi connectivity index (χ3v) is 8.42. The van der Waals surface area contributed by atoms with E-state index in [1.807, 2.05) is 77.1 Å². The molecule has 7 heteroatoms. The molecule has 2 aliphatic rings. The van der Waals surface area contributed by atoms with Gasteiger partial charge in [0.05, 0.1) is 0 Å². The van der Waals surface area contributed by atoms with Gasteiger partial charge in [0.1, 0.15) is 17.5 Å². The van der Waals surface area contributed by atoms with E-state index in [1.54, 1.807) is 16.7 Å². The van der Waals surface area contributed by atoms with E-state index in [0.717, 1.165) is 18.4 Å². The van der Waals surface area contributed by atoms with Crippen LogP contribution in [0, 0.1) is 5.92 Å². The van der Waals surface area contributed by atoms with Crippen molar-refractivity contribution in [1.29, 1.82) is 0 Å². The van der Waals surface area contributed by atoms with E-state index < -0.39 is 16.8 Å². The van der Waals surface area contributed by atoms with Crippen LogP contribution in [0.5, 0.6) is 0 Å². The third-order valence-electron chi connectivity index (χ3n) is 6.89. The molecule has 0 bridgehead atoms. The van der Waals surface area contributed by atoms with Crippen LogP contribution >= 0.6 is 11.8 Å². The third kappa shape index (κ3) is 5.10. The van der Waals surface area contributed by atoms with Gasteiger partial charge in [0.15, 0.2) is 0 Å². The number of amides is 3. The predicted molar refractivity (Wildman–Crippen MR) is 140 cm³/mol. The van der Waals surface area contributed by atoms with E-state index >= 15 is 0 Å². The molecule has 0 radical (unpaired) electrons. The molecule has 3 amide bonds. The number of nitrogens with one attached hydrogen (secondary N) is 2. The van der Waals surface area contributed by atoms with Crippen molar-refractivity contribution in [2.24, 2.45) is 5.92 Å². The van der Waals surface area contributed by atoms with Crippen molar-refractivity contribution in [2.75, 3.05) is 0 Å². The second-order valence-corrected chi connectivity index (χ2v) is 12.2. The molecule has 2 aliphatic heterocycles. The lowest BCUT2D eigenvalue weighted by Gasteiger charge is -2.32. The number of aryl methyl sites for hydroxylation is 1. The van der Waals surface area contributed by atoms with Crippen LogP contribution in [0.15, 0.2) is 54.6 Å². The molecule has 2 aromatic rings. The molecule has 1 saturated heterocycles. The molecule has 1 fully saturated rings. The Kier molecular flexibility index (Phi) is 7.27. The van der Waals surface area contributed by atoms with Crippen LogP contribution in [0.4, 0.5) is 0 Å². The quantitative estimate of drug-likeness (QED) is 0.574. The van der Waals surface area contributed by atoms with Gasteiger partial charge in [-0.15, -0.1) is 11.8 Å². The Morgan fingerprint density at radius 1 is 1.00 bits per heavy atom. The Balaban J connectivity index is 1.43.